The standard InChI is InChI=1S/C16H23N3O4S/c1-2-19(14-4-10-24(21,22)12-14)15-11-13(3-5-17-15)16(20)18-6-8-23-9-7-18/h3,5,11,14H,2,4,6-10,12H2,1H3. The molecule has 2 saturated heterocycles. The van der Waals surface area contributed by atoms with Gasteiger partial charge in [-0.05, 0) is 25.5 Å². The van der Waals surface area contributed by atoms with E-state index in [9.17, 15) is 13.2 Å². The molecule has 8 heteroatoms. The Morgan fingerprint density at radius 1 is 1.42 bits per heavy atom. The number of anilines is 1. The van der Waals surface area contributed by atoms with Gasteiger partial charge >= 0.3 is 0 Å². The maximum atomic E-state index is 12.6. The first kappa shape index (κ1) is 17.2. The molecule has 0 spiro atoms. The fourth-order valence-electron chi connectivity index (χ4n) is 3.29. The van der Waals surface area contributed by atoms with E-state index in [4.69, 9.17) is 4.74 Å². The van der Waals surface area contributed by atoms with Crippen molar-refractivity contribution in [2.24, 2.45) is 0 Å². The lowest BCUT2D eigenvalue weighted by molar-refractivity contribution is 0.0303. The first-order valence-electron chi connectivity index (χ1n) is 8.30. The van der Waals surface area contributed by atoms with Gasteiger partial charge in [-0.1, -0.05) is 0 Å². The quantitative estimate of drug-likeness (QED) is 0.787. The second kappa shape index (κ2) is 7.06. The third-order valence-electron chi connectivity index (χ3n) is 4.57. The van der Waals surface area contributed by atoms with Crippen LogP contribution in [0.2, 0.25) is 0 Å². The summed E-state index contributed by atoms with van der Waals surface area (Å²) in [5, 5.41) is 0. The van der Waals surface area contributed by atoms with Crippen molar-refractivity contribution < 1.29 is 17.9 Å². The highest BCUT2D eigenvalue weighted by Crippen LogP contribution is 2.23. The van der Waals surface area contributed by atoms with E-state index in [-0.39, 0.29) is 23.5 Å². The van der Waals surface area contributed by atoms with Crippen LogP contribution in [0.15, 0.2) is 18.3 Å². The number of morpholine rings is 1. The number of hydrogen-bond acceptors (Lipinski definition) is 6. The van der Waals surface area contributed by atoms with Crippen LogP contribution in [0.1, 0.15) is 23.7 Å². The highest BCUT2D eigenvalue weighted by molar-refractivity contribution is 7.91. The van der Waals surface area contributed by atoms with E-state index in [2.05, 4.69) is 4.98 Å². The molecule has 0 bridgehead atoms. The number of nitrogens with zero attached hydrogens (tertiary/aromatic N) is 3. The molecule has 0 saturated carbocycles. The molecule has 1 amide bonds. The normalized spacial score (nSPS) is 23.2. The lowest BCUT2D eigenvalue weighted by Crippen LogP contribution is -2.41. The molecule has 24 heavy (non-hydrogen) atoms. The number of aromatic nitrogens is 1. The summed E-state index contributed by atoms with van der Waals surface area (Å²) in [4.78, 5) is 20.7. The number of carbonyl (C=O) groups excluding carboxylic acids is 1. The highest BCUT2D eigenvalue weighted by atomic mass is 32.2. The van der Waals surface area contributed by atoms with Crippen LogP contribution in [-0.2, 0) is 14.6 Å². The summed E-state index contributed by atoms with van der Waals surface area (Å²) in [5.74, 6) is 1.01. The number of rotatable bonds is 4. The van der Waals surface area contributed by atoms with Crippen LogP contribution >= 0.6 is 0 Å². The van der Waals surface area contributed by atoms with Crippen molar-refractivity contribution in [3.8, 4) is 0 Å². The van der Waals surface area contributed by atoms with Crippen molar-refractivity contribution >= 4 is 21.6 Å². The van der Waals surface area contributed by atoms with Crippen LogP contribution in [0.25, 0.3) is 0 Å². The Morgan fingerprint density at radius 3 is 2.79 bits per heavy atom. The van der Waals surface area contributed by atoms with Crippen molar-refractivity contribution in [3.05, 3.63) is 23.9 Å². The van der Waals surface area contributed by atoms with Crippen LogP contribution < -0.4 is 4.90 Å². The summed E-state index contributed by atoms with van der Waals surface area (Å²) in [6, 6.07) is 3.41. The Kier molecular flexibility index (Phi) is 5.05. The molecule has 3 rings (SSSR count). The first-order chi connectivity index (χ1) is 11.5. The van der Waals surface area contributed by atoms with Crippen molar-refractivity contribution in [3.63, 3.8) is 0 Å². The van der Waals surface area contributed by atoms with Crippen molar-refractivity contribution in [1.29, 1.82) is 0 Å². The average molecular weight is 353 g/mol. The molecule has 3 heterocycles. The van der Waals surface area contributed by atoms with Crippen LogP contribution in [0.4, 0.5) is 5.82 Å². The highest BCUT2D eigenvalue weighted by Gasteiger charge is 2.32. The summed E-state index contributed by atoms with van der Waals surface area (Å²) in [7, 11) is -2.96. The van der Waals surface area contributed by atoms with Gasteiger partial charge in [0.1, 0.15) is 5.82 Å². The Balaban J connectivity index is 1.79. The number of hydrogen-bond donors (Lipinski definition) is 0. The zero-order valence-electron chi connectivity index (χ0n) is 13.8. The molecule has 2 aliphatic heterocycles. The molecule has 2 fully saturated rings. The number of sulfone groups is 1. The summed E-state index contributed by atoms with van der Waals surface area (Å²) in [6.07, 6.45) is 2.23. The molecule has 2 aliphatic rings. The molecule has 7 nitrogen and oxygen atoms in total. The van der Waals surface area contributed by atoms with Gasteiger partial charge in [0.05, 0.1) is 24.7 Å². The van der Waals surface area contributed by atoms with Gasteiger partial charge in [0.15, 0.2) is 9.84 Å². The number of ether oxygens (including phenoxy) is 1. The van der Waals surface area contributed by atoms with Crippen molar-refractivity contribution in [2.45, 2.75) is 19.4 Å². The van der Waals surface area contributed by atoms with Gasteiger partial charge in [0, 0.05) is 37.4 Å². The molecule has 1 aromatic heterocycles. The van der Waals surface area contributed by atoms with Crippen molar-refractivity contribution in [2.75, 3.05) is 49.3 Å². The van der Waals surface area contributed by atoms with E-state index in [0.29, 0.717) is 50.7 Å². The Bertz CT molecular complexity index is 701. The Labute approximate surface area is 142 Å². The third kappa shape index (κ3) is 3.70. The summed E-state index contributed by atoms with van der Waals surface area (Å²) < 4.78 is 28.8. The zero-order chi connectivity index (χ0) is 17.2. The topological polar surface area (TPSA) is 79.8 Å². The minimum absolute atomic E-state index is 0.0305. The van der Waals surface area contributed by atoms with Gasteiger partial charge < -0.3 is 14.5 Å². The van der Waals surface area contributed by atoms with Crippen LogP contribution in [-0.4, -0.2) is 74.6 Å². The summed E-state index contributed by atoms with van der Waals surface area (Å²) in [5.41, 5.74) is 0.584. The Morgan fingerprint density at radius 2 is 2.17 bits per heavy atom. The predicted octanol–water partition coefficient (Wildman–Crippen LogP) is 0.567. The second-order valence-corrected chi connectivity index (χ2v) is 8.38. The van der Waals surface area contributed by atoms with E-state index in [1.54, 1.807) is 23.2 Å². The lowest BCUT2D eigenvalue weighted by Gasteiger charge is -2.29. The lowest BCUT2D eigenvalue weighted by atomic mass is 10.2. The summed E-state index contributed by atoms with van der Waals surface area (Å²) in [6.45, 7) is 4.94. The van der Waals surface area contributed by atoms with E-state index in [0.717, 1.165) is 0 Å². The van der Waals surface area contributed by atoms with Crippen LogP contribution in [0.5, 0.6) is 0 Å². The Hall–Kier alpha value is -1.67. The van der Waals surface area contributed by atoms with Crippen LogP contribution in [0, 0.1) is 0 Å². The molecular weight excluding hydrogens is 330 g/mol. The molecular formula is C16H23N3O4S. The van der Waals surface area contributed by atoms with Crippen LogP contribution in [0.3, 0.4) is 0 Å². The van der Waals surface area contributed by atoms with Gasteiger partial charge in [-0.15, -0.1) is 0 Å². The smallest absolute Gasteiger partial charge is 0.254 e. The van der Waals surface area contributed by atoms with Crippen molar-refractivity contribution in [1.82, 2.24) is 9.88 Å². The number of pyridine rings is 1. The van der Waals surface area contributed by atoms with Gasteiger partial charge in [-0.2, -0.15) is 0 Å². The van der Waals surface area contributed by atoms with Gasteiger partial charge in [-0.25, -0.2) is 13.4 Å². The maximum absolute atomic E-state index is 12.6. The molecule has 0 N–H and O–H groups in total. The monoisotopic (exact) mass is 353 g/mol. The van der Waals surface area contributed by atoms with E-state index in [1.807, 2.05) is 11.8 Å². The minimum atomic E-state index is -2.96. The predicted molar refractivity (Wildman–Crippen MR) is 91.0 cm³/mol. The fourth-order valence-corrected chi connectivity index (χ4v) is 5.02. The third-order valence-corrected chi connectivity index (χ3v) is 6.33. The molecule has 0 radical (unpaired) electrons. The largest absolute Gasteiger partial charge is 0.378 e. The maximum Gasteiger partial charge on any atom is 0.254 e. The molecule has 0 aliphatic carbocycles. The molecule has 1 unspecified atom stereocenters. The van der Waals surface area contributed by atoms with Gasteiger partial charge in [-0.3, -0.25) is 4.79 Å². The van der Waals surface area contributed by atoms with E-state index >= 15 is 0 Å². The number of amides is 1. The SMILES string of the molecule is CCN(c1cc(C(=O)N2CCOCC2)ccn1)C1CCS(=O)(=O)C1. The van der Waals surface area contributed by atoms with E-state index in [1.165, 1.54) is 0 Å². The van der Waals surface area contributed by atoms with Gasteiger partial charge in [0.2, 0.25) is 0 Å². The minimum Gasteiger partial charge on any atom is -0.378 e. The first-order valence-corrected chi connectivity index (χ1v) is 10.1. The molecule has 132 valence electrons. The fraction of sp³-hybridized carbons (Fsp3) is 0.625. The molecule has 1 atom stereocenters. The summed E-state index contributed by atoms with van der Waals surface area (Å²) >= 11 is 0. The molecule has 0 aromatic carbocycles. The number of carbonyl (C=O) groups is 1. The average Bonchev–Trinajstić information content (AvgIpc) is 2.95. The van der Waals surface area contributed by atoms with E-state index < -0.39 is 9.84 Å². The molecule has 1 aromatic rings. The zero-order valence-corrected chi connectivity index (χ0v) is 14.7. The van der Waals surface area contributed by atoms with Gasteiger partial charge in [0.25, 0.3) is 5.91 Å². The second-order valence-electron chi connectivity index (χ2n) is 6.15.